The Balaban J connectivity index is 1.63. The third-order valence-electron chi connectivity index (χ3n) is 4.29. The Morgan fingerprint density at radius 2 is 2.04 bits per heavy atom. The lowest BCUT2D eigenvalue weighted by Crippen LogP contribution is -2.28. The highest BCUT2D eigenvalue weighted by molar-refractivity contribution is 7.98. The second-order valence-corrected chi connectivity index (χ2v) is 8.41. The second kappa shape index (κ2) is 6.11. The fourth-order valence-corrected chi connectivity index (χ4v) is 4.18. The van der Waals surface area contributed by atoms with Crippen LogP contribution >= 0.6 is 23.4 Å². The molecule has 5 nitrogen and oxygen atoms in total. The molecule has 0 fully saturated rings. The van der Waals surface area contributed by atoms with Crippen molar-refractivity contribution in [3.8, 4) is 0 Å². The Morgan fingerprint density at radius 1 is 1.24 bits per heavy atom. The molecule has 0 unspecified atom stereocenters. The van der Waals surface area contributed by atoms with Crippen LogP contribution in [-0.2, 0) is 12.2 Å². The van der Waals surface area contributed by atoms with E-state index in [0.29, 0.717) is 28.7 Å². The van der Waals surface area contributed by atoms with E-state index in [9.17, 15) is 4.79 Å². The number of nitrogens with zero attached hydrogens (tertiary/aromatic N) is 4. The van der Waals surface area contributed by atoms with Gasteiger partial charge >= 0.3 is 0 Å². The number of Topliss-reactive ketones (excluding diaryl/α,β-unsaturated/α-hetero) is 1. The SMILES string of the molecule is CC1(C)CC(=O)c2cn3nc(SCc4ccccc4Cl)nc3nc2C1. The molecule has 0 spiro atoms. The van der Waals surface area contributed by atoms with Crippen molar-refractivity contribution in [2.75, 3.05) is 0 Å². The van der Waals surface area contributed by atoms with Crippen molar-refractivity contribution in [1.82, 2.24) is 19.6 Å². The van der Waals surface area contributed by atoms with Crippen LogP contribution in [0.1, 0.15) is 41.9 Å². The first-order valence-corrected chi connectivity index (χ1v) is 9.43. The molecule has 0 amide bonds. The number of rotatable bonds is 3. The number of carbonyl (C=O) groups excluding carboxylic acids is 1. The molecule has 0 bridgehead atoms. The molecule has 1 aliphatic carbocycles. The van der Waals surface area contributed by atoms with E-state index in [1.165, 1.54) is 11.8 Å². The lowest BCUT2D eigenvalue weighted by Gasteiger charge is -2.28. The molecule has 128 valence electrons. The highest BCUT2D eigenvalue weighted by Crippen LogP contribution is 2.34. The fourth-order valence-electron chi connectivity index (χ4n) is 3.07. The maximum Gasteiger partial charge on any atom is 0.253 e. The van der Waals surface area contributed by atoms with Crippen LogP contribution < -0.4 is 0 Å². The number of benzene rings is 1. The van der Waals surface area contributed by atoms with Gasteiger partial charge in [0.1, 0.15) is 0 Å². The molecule has 0 radical (unpaired) electrons. The topological polar surface area (TPSA) is 60.2 Å². The number of halogens is 1. The molecule has 25 heavy (non-hydrogen) atoms. The van der Waals surface area contributed by atoms with Gasteiger partial charge in [-0.15, -0.1) is 5.10 Å². The largest absolute Gasteiger partial charge is 0.294 e. The number of carbonyl (C=O) groups is 1. The summed E-state index contributed by atoms with van der Waals surface area (Å²) in [5.74, 6) is 1.34. The average molecular weight is 373 g/mol. The smallest absolute Gasteiger partial charge is 0.253 e. The molecule has 1 aromatic carbocycles. The Hall–Kier alpha value is -1.92. The van der Waals surface area contributed by atoms with E-state index in [2.05, 4.69) is 28.9 Å². The molecule has 2 aromatic heterocycles. The first-order valence-electron chi connectivity index (χ1n) is 8.07. The highest BCUT2D eigenvalue weighted by Gasteiger charge is 2.32. The van der Waals surface area contributed by atoms with E-state index in [4.69, 9.17) is 11.6 Å². The Morgan fingerprint density at radius 3 is 2.84 bits per heavy atom. The van der Waals surface area contributed by atoms with Gasteiger partial charge in [0, 0.05) is 23.4 Å². The zero-order valence-corrected chi connectivity index (χ0v) is 15.6. The Bertz CT molecular complexity index is 982. The molecule has 0 saturated carbocycles. The maximum absolute atomic E-state index is 12.4. The van der Waals surface area contributed by atoms with Crippen LogP contribution in [-0.4, -0.2) is 25.4 Å². The van der Waals surface area contributed by atoms with Crippen molar-refractivity contribution in [3.63, 3.8) is 0 Å². The summed E-state index contributed by atoms with van der Waals surface area (Å²) in [6, 6.07) is 7.73. The van der Waals surface area contributed by atoms with Gasteiger partial charge in [0.05, 0.1) is 11.3 Å². The number of thioether (sulfide) groups is 1. The molecule has 7 heteroatoms. The molecule has 1 aliphatic rings. The molecule has 4 rings (SSSR count). The quantitative estimate of drug-likeness (QED) is 0.644. The van der Waals surface area contributed by atoms with Gasteiger partial charge in [0.2, 0.25) is 5.16 Å². The van der Waals surface area contributed by atoms with Gasteiger partial charge in [0.15, 0.2) is 5.78 Å². The molecule has 3 aromatic rings. The highest BCUT2D eigenvalue weighted by atomic mass is 35.5. The average Bonchev–Trinajstić information content (AvgIpc) is 2.93. The van der Waals surface area contributed by atoms with Crippen molar-refractivity contribution < 1.29 is 4.79 Å². The standard InChI is InChI=1S/C18H17ClN4OS/c1-18(2)7-14-12(15(24)8-18)9-23-16(20-14)21-17(22-23)25-10-11-5-3-4-6-13(11)19/h3-6,9H,7-8,10H2,1-2H3. The van der Waals surface area contributed by atoms with Crippen LogP contribution in [0.2, 0.25) is 5.02 Å². The molecule has 0 N–H and O–H groups in total. The van der Waals surface area contributed by atoms with E-state index in [0.717, 1.165) is 22.7 Å². The van der Waals surface area contributed by atoms with Crippen molar-refractivity contribution >= 4 is 34.9 Å². The van der Waals surface area contributed by atoms with Crippen LogP contribution in [0.4, 0.5) is 0 Å². The van der Waals surface area contributed by atoms with E-state index in [1.807, 2.05) is 24.3 Å². The summed E-state index contributed by atoms with van der Waals surface area (Å²) in [6.45, 7) is 4.18. The first kappa shape index (κ1) is 16.5. The van der Waals surface area contributed by atoms with Gasteiger partial charge in [0.25, 0.3) is 5.78 Å². The van der Waals surface area contributed by atoms with Crippen LogP contribution in [0.15, 0.2) is 35.6 Å². The summed E-state index contributed by atoms with van der Waals surface area (Å²) in [7, 11) is 0. The van der Waals surface area contributed by atoms with Gasteiger partial charge in [-0.1, -0.05) is 55.4 Å². The normalized spacial score (nSPS) is 16.2. The Labute approximate surface area is 154 Å². The first-order chi connectivity index (χ1) is 11.9. The zero-order chi connectivity index (χ0) is 17.6. The minimum absolute atomic E-state index is 0.0584. The fraction of sp³-hybridized carbons (Fsp3) is 0.333. The van der Waals surface area contributed by atoms with E-state index >= 15 is 0 Å². The van der Waals surface area contributed by atoms with E-state index < -0.39 is 0 Å². The summed E-state index contributed by atoms with van der Waals surface area (Å²) >= 11 is 7.69. The van der Waals surface area contributed by atoms with E-state index in [-0.39, 0.29) is 11.2 Å². The predicted molar refractivity (Wildman–Crippen MR) is 98.2 cm³/mol. The second-order valence-electron chi connectivity index (χ2n) is 7.06. The molecule has 2 heterocycles. The molecular formula is C18H17ClN4OS. The third kappa shape index (κ3) is 3.28. The predicted octanol–water partition coefficient (Wildman–Crippen LogP) is 4.23. The minimum Gasteiger partial charge on any atom is -0.294 e. The van der Waals surface area contributed by atoms with Gasteiger partial charge in [-0.05, 0) is 23.5 Å². The summed E-state index contributed by atoms with van der Waals surface area (Å²) in [4.78, 5) is 21.5. The monoisotopic (exact) mass is 372 g/mol. The van der Waals surface area contributed by atoms with Gasteiger partial charge in [-0.2, -0.15) is 4.98 Å². The van der Waals surface area contributed by atoms with Crippen LogP contribution in [0, 0.1) is 5.41 Å². The maximum atomic E-state index is 12.4. The minimum atomic E-state index is -0.0584. The number of hydrogen-bond donors (Lipinski definition) is 0. The number of ketones is 1. The van der Waals surface area contributed by atoms with Crippen molar-refractivity contribution in [3.05, 3.63) is 52.3 Å². The van der Waals surface area contributed by atoms with Crippen molar-refractivity contribution in [2.24, 2.45) is 5.41 Å². The zero-order valence-electron chi connectivity index (χ0n) is 14.0. The summed E-state index contributed by atoms with van der Waals surface area (Å²) in [5, 5.41) is 5.81. The third-order valence-corrected chi connectivity index (χ3v) is 5.55. The van der Waals surface area contributed by atoms with Crippen LogP contribution in [0.25, 0.3) is 5.78 Å². The van der Waals surface area contributed by atoms with Gasteiger partial charge < -0.3 is 0 Å². The van der Waals surface area contributed by atoms with E-state index in [1.54, 1.807) is 10.7 Å². The molecule has 0 atom stereocenters. The molecular weight excluding hydrogens is 356 g/mol. The number of hydrogen-bond acceptors (Lipinski definition) is 5. The van der Waals surface area contributed by atoms with Gasteiger partial charge in [-0.25, -0.2) is 9.50 Å². The lowest BCUT2D eigenvalue weighted by molar-refractivity contribution is 0.0909. The number of aromatic nitrogens is 4. The molecule has 0 saturated heterocycles. The summed E-state index contributed by atoms with van der Waals surface area (Å²) in [5.41, 5.74) is 2.47. The number of fused-ring (bicyclic) bond motifs is 2. The molecule has 0 aliphatic heterocycles. The van der Waals surface area contributed by atoms with Crippen LogP contribution in [0.3, 0.4) is 0 Å². The van der Waals surface area contributed by atoms with Gasteiger partial charge in [-0.3, -0.25) is 4.79 Å². The van der Waals surface area contributed by atoms with Crippen LogP contribution in [0.5, 0.6) is 0 Å². The summed E-state index contributed by atoms with van der Waals surface area (Å²) in [6.07, 6.45) is 3.08. The lowest BCUT2D eigenvalue weighted by atomic mass is 9.76. The van der Waals surface area contributed by atoms with Crippen molar-refractivity contribution in [2.45, 2.75) is 37.6 Å². The van der Waals surface area contributed by atoms with Crippen molar-refractivity contribution in [1.29, 1.82) is 0 Å². The Kier molecular flexibility index (Phi) is 4.04. The summed E-state index contributed by atoms with van der Waals surface area (Å²) < 4.78 is 1.60.